The van der Waals surface area contributed by atoms with Crippen molar-refractivity contribution in [3.8, 4) is 5.75 Å². The minimum absolute atomic E-state index is 0.176. The third-order valence-corrected chi connectivity index (χ3v) is 6.61. The average Bonchev–Trinajstić information content (AvgIpc) is 3.43. The minimum atomic E-state index is -0.406. The molecule has 2 atom stereocenters. The second kappa shape index (κ2) is 9.02. The van der Waals surface area contributed by atoms with E-state index in [2.05, 4.69) is 20.1 Å². The molecule has 1 N–H and O–H groups in total. The van der Waals surface area contributed by atoms with Crippen LogP contribution < -0.4 is 10.1 Å². The van der Waals surface area contributed by atoms with Crippen LogP contribution in [0.3, 0.4) is 0 Å². The maximum atomic E-state index is 14.1. The highest BCUT2D eigenvalue weighted by Gasteiger charge is 2.36. The zero-order valence-electron chi connectivity index (χ0n) is 18.3. The van der Waals surface area contributed by atoms with Crippen LogP contribution in [0.5, 0.6) is 5.75 Å². The molecule has 172 valence electrons. The molecule has 0 radical (unpaired) electrons. The number of likely N-dealkylation sites (tertiary alicyclic amines) is 1. The summed E-state index contributed by atoms with van der Waals surface area (Å²) in [6.45, 7) is 3.50. The number of hydrogen-bond donors (Lipinski definition) is 1. The van der Waals surface area contributed by atoms with Gasteiger partial charge in [-0.25, -0.2) is 9.18 Å². The molecule has 2 aromatic carbocycles. The summed E-state index contributed by atoms with van der Waals surface area (Å²) in [5.74, 6) is 1.39. The molecular formula is C24H25ClFN5O2. The van der Waals surface area contributed by atoms with Gasteiger partial charge < -0.3 is 19.5 Å². The number of carbonyl (C=O) groups is 1. The van der Waals surface area contributed by atoms with Gasteiger partial charge in [-0.15, -0.1) is 10.2 Å². The first-order valence-corrected chi connectivity index (χ1v) is 11.5. The van der Waals surface area contributed by atoms with E-state index in [-0.39, 0.29) is 23.9 Å². The van der Waals surface area contributed by atoms with E-state index in [0.717, 1.165) is 30.1 Å². The summed E-state index contributed by atoms with van der Waals surface area (Å²) >= 11 is 6.02. The molecule has 1 aromatic heterocycles. The van der Waals surface area contributed by atoms with E-state index >= 15 is 0 Å². The quantitative estimate of drug-likeness (QED) is 0.596. The van der Waals surface area contributed by atoms with Crippen molar-refractivity contribution in [1.82, 2.24) is 25.0 Å². The van der Waals surface area contributed by atoms with Crippen LogP contribution in [-0.2, 0) is 6.54 Å². The van der Waals surface area contributed by atoms with Crippen LogP contribution in [0.2, 0.25) is 5.02 Å². The molecule has 5 rings (SSSR count). The number of para-hydroxylation sites is 1. The predicted molar refractivity (Wildman–Crippen MR) is 122 cm³/mol. The first-order valence-electron chi connectivity index (χ1n) is 11.1. The van der Waals surface area contributed by atoms with Crippen LogP contribution in [0, 0.1) is 12.7 Å². The SMILES string of the molecule is Cc1nnc([C@H]2CCCN2C(=O)N[C@H]2CCOc3c(F)cccc32)n1Cc1ccc(Cl)cc1. The molecule has 9 heteroatoms. The minimum Gasteiger partial charge on any atom is -0.490 e. The lowest BCUT2D eigenvalue weighted by atomic mass is 10.0. The van der Waals surface area contributed by atoms with Crippen molar-refractivity contribution >= 4 is 17.6 Å². The Morgan fingerprint density at radius 1 is 1.21 bits per heavy atom. The van der Waals surface area contributed by atoms with Crippen LogP contribution >= 0.6 is 11.6 Å². The molecule has 7 nitrogen and oxygen atoms in total. The fraction of sp³-hybridized carbons (Fsp3) is 0.375. The summed E-state index contributed by atoms with van der Waals surface area (Å²) in [5, 5.41) is 12.5. The van der Waals surface area contributed by atoms with Crippen molar-refractivity contribution in [2.75, 3.05) is 13.2 Å². The fourth-order valence-electron chi connectivity index (χ4n) is 4.66. The number of fused-ring (bicyclic) bond motifs is 1. The van der Waals surface area contributed by atoms with Crippen molar-refractivity contribution in [2.45, 2.75) is 44.8 Å². The van der Waals surface area contributed by atoms with E-state index in [1.165, 1.54) is 6.07 Å². The number of nitrogens with one attached hydrogen (secondary N) is 1. The monoisotopic (exact) mass is 469 g/mol. The molecular weight excluding hydrogens is 445 g/mol. The molecule has 3 heterocycles. The Kier molecular flexibility index (Phi) is 5.93. The van der Waals surface area contributed by atoms with Gasteiger partial charge in [0.15, 0.2) is 17.4 Å². The van der Waals surface area contributed by atoms with Crippen molar-refractivity contribution in [1.29, 1.82) is 0 Å². The Balaban J connectivity index is 1.36. The zero-order chi connectivity index (χ0) is 22.9. The van der Waals surface area contributed by atoms with E-state index in [0.29, 0.717) is 36.7 Å². The second-order valence-electron chi connectivity index (χ2n) is 8.47. The number of carbonyl (C=O) groups excluding carboxylic acids is 1. The lowest BCUT2D eigenvalue weighted by Gasteiger charge is -2.31. The largest absolute Gasteiger partial charge is 0.490 e. The lowest BCUT2D eigenvalue weighted by Crippen LogP contribution is -2.43. The van der Waals surface area contributed by atoms with Gasteiger partial charge in [0, 0.05) is 23.6 Å². The van der Waals surface area contributed by atoms with Gasteiger partial charge in [0.05, 0.1) is 25.2 Å². The van der Waals surface area contributed by atoms with Gasteiger partial charge in [-0.1, -0.05) is 35.9 Å². The number of nitrogens with zero attached hydrogens (tertiary/aromatic N) is 4. The van der Waals surface area contributed by atoms with Gasteiger partial charge in [0.2, 0.25) is 0 Å². The Morgan fingerprint density at radius 3 is 2.85 bits per heavy atom. The Morgan fingerprint density at radius 2 is 2.03 bits per heavy atom. The summed E-state index contributed by atoms with van der Waals surface area (Å²) in [4.78, 5) is 15.1. The molecule has 1 fully saturated rings. The van der Waals surface area contributed by atoms with Crippen LogP contribution in [0.25, 0.3) is 0 Å². The molecule has 3 aromatic rings. The van der Waals surface area contributed by atoms with E-state index < -0.39 is 5.82 Å². The molecule has 0 unspecified atom stereocenters. The van der Waals surface area contributed by atoms with Crippen LogP contribution in [0.1, 0.15) is 54.1 Å². The molecule has 0 saturated carbocycles. The lowest BCUT2D eigenvalue weighted by molar-refractivity contribution is 0.178. The fourth-order valence-corrected chi connectivity index (χ4v) is 4.78. The molecule has 1 saturated heterocycles. The normalized spacial score (nSPS) is 19.8. The molecule has 0 bridgehead atoms. The second-order valence-corrected chi connectivity index (χ2v) is 8.90. The average molecular weight is 470 g/mol. The predicted octanol–water partition coefficient (Wildman–Crippen LogP) is 4.80. The molecule has 33 heavy (non-hydrogen) atoms. The van der Waals surface area contributed by atoms with E-state index in [1.54, 1.807) is 12.1 Å². The summed E-state index contributed by atoms with van der Waals surface area (Å²) < 4.78 is 21.7. The van der Waals surface area contributed by atoms with E-state index in [1.807, 2.05) is 36.1 Å². The van der Waals surface area contributed by atoms with Gasteiger partial charge in [-0.3, -0.25) is 0 Å². The molecule has 2 aliphatic rings. The van der Waals surface area contributed by atoms with Gasteiger partial charge >= 0.3 is 6.03 Å². The Hall–Kier alpha value is -3.13. The first kappa shape index (κ1) is 21.7. The van der Waals surface area contributed by atoms with Crippen molar-refractivity contribution in [2.24, 2.45) is 0 Å². The van der Waals surface area contributed by atoms with Crippen molar-refractivity contribution < 1.29 is 13.9 Å². The summed E-state index contributed by atoms with van der Waals surface area (Å²) in [6, 6.07) is 11.8. The highest BCUT2D eigenvalue weighted by atomic mass is 35.5. The number of aromatic nitrogens is 3. The molecule has 0 aliphatic carbocycles. The van der Waals surface area contributed by atoms with Crippen LogP contribution in [0.4, 0.5) is 9.18 Å². The number of halogens is 2. The first-order chi connectivity index (χ1) is 16.0. The maximum absolute atomic E-state index is 14.1. The van der Waals surface area contributed by atoms with Gasteiger partial charge in [0.25, 0.3) is 0 Å². The van der Waals surface area contributed by atoms with Crippen LogP contribution in [0.15, 0.2) is 42.5 Å². The van der Waals surface area contributed by atoms with Gasteiger partial charge in [-0.2, -0.15) is 0 Å². The summed E-state index contributed by atoms with van der Waals surface area (Å²) in [7, 11) is 0. The summed E-state index contributed by atoms with van der Waals surface area (Å²) in [5.41, 5.74) is 1.76. The maximum Gasteiger partial charge on any atom is 0.318 e. The number of hydrogen-bond acceptors (Lipinski definition) is 4. The zero-order valence-corrected chi connectivity index (χ0v) is 19.1. The van der Waals surface area contributed by atoms with E-state index in [4.69, 9.17) is 16.3 Å². The number of urea groups is 1. The molecule has 0 spiro atoms. The summed E-state index contributed by atoms with van der Waals surface area (Å²) in [6.07, 6.45) is 2.28. The topological polar surface area (TPSA) is 72.3 Å². The van der Waals surface area contributed by atoms with E-state index in [9.17, 15) is 9.18 Å². The molecule has 2 aliphatic heterocycles. The van der Waals surface area contributed by atoms with Gasteiger partial charge in [-0.05, 0) is 43.5 Å². The number of amides is 2. The van der Waals surface area contributed by atoms with Crippen molar-refractivity contribution in [3.05, 3.63) is 76.1 Å². The highest BCUT2D eigenvalue weighted by molar-refractivity contribution is 6.30. The number of rotatable bonds is 4. The number of benzene rings is 2. The third kappa shape index (κ3) is 4.27. The van der Waals surface area contributed by atoms with Gasteiger partial charge in [0.1, 0.15) is 5.82 Å². The number of ether oxygens (including phenoxy) is 1. The van der Waals surface area contributed by atoms with Crippen molar-refractivity contribution in [3.63, 3.8) is 0 Å². The Labute approximate surface area is 196 Å². The standard InChI is InChI=1S/C24H25ClFN5O2/c1-15-28-29-23(31(15)14-16-7-9-17(25)10-8-16)21-6-3-12-30(21)24(32)27-20-11-13-33-22-18(20)4-2-5-19(22)26/h2,4-5,7-10,20-21H,3,6,11-14H2,1H3,(H,27,32)/t20-,21+/m0/s1. The highest BCUT2D eigenvalue weighted by Crippen LogP contribution is 2.36. The third-order valence-electron chi connectivity index (χ3n) is 6.35. The van der Waals surface area contributed by atoms with Crippen LogP contribution in [-0.4, -0.2) is 38.8 Å². The Bertz CT molecular complexity index is 1170. The smallest absolute Gasteiger partial charge is 0.318 e. The molecule has 2 amide bonds. The number of aryl methyl sites for hydroxylation is 1.